The number of furan rings is 1. The Morgan fingerprint density at radius 2 is 1.64 bits per heavy atom. The van der Waals surface area contributed by atoms with E-state index in [1.807, 2.05) is 62.5 Å². The molecular weight excluding hydrogens is 813 g/mol. The molecule has 0 atom stereocenters. The fourth-order valence-corrected chi connectivity index (χ4v) is 9.27. The predicted molar refractivity (Wildman–Crippen MR) is 196 cm³/mol. The third kappa shape index (κ3) is 7.67. The number of aromatic nitrogens is 2. The Bertz CT molecular complexity index is 2290. The van der Waals surface area contributed by atoms with Gasteiger partial charge in [0, 0.05) is 33.1 Å². The summed E-state index contributed by atoms with van der Waals surface area (Å²) >= 11 is -1.89. The monoisotopic (exact) mass is 859 g/mol. The van der Waals surface area contributed by atoms with Gasteiger partial charge >= 0.3 is 117 Å². The van der Waals surface area contributed by atoms with Crippen LogP contribution in [0.15, 0.2) is 114 Å². The minimum atomic E-state index is -2.08. The summed E-state index contributed by atoms with van der Waals surface area (Å²) in [7, 11) is 0. The van der Waals surface area contributed by atoms with Gasteiger partial charge in [-0.2, -0.15) is 0 Å². The van der Waals surface area contributed by atoms with E-state index in [0.717, 1.165) is 61.1 Å². The molecule has 4 aromatic carbocycles. The second-order valence-corrected chi connectivity index (χ2v) is 23.4. The first-order chi connectivity index (χ1) is 23.6. The van der Waals surface area contributed by atoms with Crippen LogP contribution in [0.3, 0.4) is 0 Å². The summed E-state index contributed by atoms with van der Waals surface area (Å²) in [6.45, 7) is 3.79. The quantitative estimate of drug-likeness (QED) is 0.128. The Morgan fingerprint density at radius 1 is 0.830 bits per heavy atom. The summed E-state index contributed by atoms with van der Waals surface area (Å²) in [6, 6.07) is 37.8. The van der Waals surface area contributed by atoms with Crippen molar-refractivity contribution in [3.8, 4) is 33.6 Å². The first-order valence-corrected chi connectivity index (χ1v) is 22.8. The van der Waals surface area contributed by atoms with Gasteiger partial charge in [0.05, 0.1) is 5.58 Å². The molecule has 0 fully saturated rings. The van der Waals surface area contributed by atoms with E-state index in [9.17, 15) is 0 Å². The summed E-state index contributed by atoms with van der Waals surface area (Å²) in [4.78, 5) is 9.08. The van der Waals surface area contributed by atoms with E-state index in [1.165, 1.54) is 16.0 Å². The van der Waals surface area contributed by atoms with Crippen molar-refractivity contribution in [3.05, 3.63) is 138 Å². The summed E-state index contributed by atoms with van der Waals surface area (Å²) < 4.78 is 38.2. The number of rotatable bonds is 5. The molecule has 47 heavy (non-hydrogen) atoms. The molecule has 0 unspecified atom stereocenters. The van der Waals surface area contributed by atoms with E-state index in [-0.39, 0.29) is 20.1 Å². The molecule has 5 heteroatoms. The maximum Gasteiger partial charge on any atom is 0 e. The molecule has 0 amide bonds. The van der Waals surface area contributed by atoms with Crippen LogP contribution < -0.4 is 4.40 Å². The van der Waals surface area contributed by atoms with Crippen LogP contribution in [-0.2, 0) is 20.1 Å². The maximum absolute atomic E-state index is 8.33. The zero-order valence-corrected chi connectivity index (χ0v) is 32.0. The number of benzene rings is 4. The normalized spacial score (nSPS) is 13.1. The van der Waals surface area contributed by atoms with Crippen LogP contribution in [0.25, 0.3) is 55.6 Å². The van der Waals surface area contributed by atoms with Crippen molar-refractivity contribution in [1.82, 2.24) is 9.97 Å². The zero-order valence-electron chi connectivity index (χ0n) is 31.5. The van der Waals surface area contributed by atoms with E-state index in [1.54, 1.807) is 18.3 Å². The first kappa shape index (κ1) is 29.3. The Kier molecular flexibility index (Phi) is 9.06. The minimum absolute atomic E-state index is 0. The molecule has 0 bridgehead atoms. The second-order valence-electron chi connectivity index (χ2n) is 12.8. The van der Waals surface area contributed by atoms with Gasteiger partial charge < -0.3 is 9.40 Å². The van der Waals surface area contributed by atoms with Gasteiger partial charge in [0.1, 0.15) is 5.58 Å². The van der Waals surface area contributed by atoms with Crippen molar-refractivity contribution in [1.29, 1.82) is 0 Å². The summed E-state index contributed by atoms with van der Waals surface area (Å²) in [5, 5.41) is 2.12. The predicted octanol–water partition coefficient (Wildman–Crippen LogP) is 10.9. The van der Waals surface area contributed by atoms with E-state index in [4.69, 9.17) is 9.90 Å². The van der Waals surface area contributed by atoms with E-state index in [0.29, 0.717) is 5.56 Å². The van der Waals surface area contributed by atoms with E-state index < -0.39 is 26.0 Å². The molecule has 1 radical (unpaired) electrons. The number of pyridine rings is 2. The molecule has 0 aliphatic heterocycles. The van der Waals surface area contributed by atoms with Crippen LogP contribution in [0.2, 0.25) is 17.3 Å². The number of aryl methyl sites for hydroxylation is 2. The SMILES string of the molecule is [2H]C(C)(C)c1ccnc(-c2[c-]ccc3c2oc2cc(-c4ccccc4)ccc23)c1.[2H]C([2H])([2H])c1c[c-]c(-c2cc(C)[c]([Ge]([CH3])([CH3])[CH3])cn2)cc1.[Ir]. The molecule has 0 aliphatic rings. The number of hydrogen-bond donors (Lipinski definition) is 0. The average Bonchev–Trinajstić information content (AvgIpc) is 3.46. The van der Waals surface area contributed by atoms with Gasteiger partial charge in [-0.1, -0.05) is 78.9 Å². The molecule has 7 rings (SSSR count). The maximum atomic E-state index is 8.33. The fourth-order valence-electron chi connectivity index (χ4n) is 5.69. The zero-order chi connectivity index (χ0) is 35.8. The largest absolute Gasteiger partial charge is 0 e. The Morgan fingerprint density at radius 3 is 2.32 bits per heavy atom. The number of hydrogen-bond acceptors (Lipinski definition) is 3. The van der Waals surface area contributed by atoms with E-state index >= 15 is 0 Å². The van der Waals surface area contributed by atoms with Crippen molar-refractivity contribution >= 4 is 39.6 Å². The standard InChI is InChI=1S/C26H20NO.C16H20GeN.Ir/c1-17(2)19-13-14-27-24(15-19)23-10-6-9-22-21-12-11-20(16-25(21)28-26(22)23)18-7-4-3-5-8-18;1-12-6-8-14(9-7-12)16-10-13(2)15(11-18-16)17(3,4)5;/h3-9,11-17H,1-2H3;6-8,10-11H,1-5H3;/q2*-1;/i17D;1D3;. The van der Waals surface area contributed by atoms with Crippen LogP contribution in [-0.4, -0.2) is 23.2 Å². The van der Waals surface area contributed by atoms with Crippen molar-refractivity contribution in [2.24, 2.45) is 0 Å². The van der Waals surface area contributed by atoms with Gasteiger partial charge in [-0.05, 0) is 34.8 Å². The van der Waals surface area contributed by atoms with Crippen LogP contribution in [0.1, 0.15) is 41.9 Å². The van der Waals surface area contributed by atoms with Crippen molar-refractivity contribution in [2.75, 3.05) is 0 Å². The first-order valence-electron chi connectivity index (χ1n) is 17.5. The summed E-state index contributed by atoms with van der Waals surface area (Å²) in [5.74, 6) is 6.35. The molecule has 0 saturated heterocycles. The Hall–Kier alpha value is -3.83. The van der Waals surface area contributed by atoms with Crippen LogP contribution in [0.5, 0.6) is 0 Å². The van der Waals surface area contributed by atoms with Crippen LogP contribution in [0, 0.1) is 25.9 Å². The molecule has 3 aromatic heterocycles. The van der Waals surface area contributed by atoms with Crippen molar-refractivity contribution < 1.29 is 30.0 Å². The molecule has 0 spiro atoms. The Labute approximate surface area is 300 Å². The third-order valence-electron chi connectivity index (χ3n) is 8.14. The van der Waals surface area contributed by atoms with Crippen molar-refractivity contribution in [3.63, 3.8) is 0 Å². The van der Waals surface area contributed by atoms with Crippen molar-refractivity contribution in [2.45, 2.75) is 50.8 Å². The molecule has 3 heterocycles. The second kappa shape index (κ2) is 14.5. The molecule has 0 N–H and O–H groups in total. The topological polar surface area (TPSA) is 38.9 Å². The number of nitrogens with zero attached hydrogens (tertiary/aromatic N) is 2. The van der Waals surface area contributed by atoms with Gasteiger partial charge in [0.15, 0.2) is 0 Å². The molecule has 0 saturated carbocycles. The minimum Gasteiger partial charge on any atom is 0 e. The smallest absolute Gasteiger partial charge is 0 e. The molecule has 7 aromatic rings. The van der Waals surface area contributed by atoms with Gasteiger partial charge in [0.2, 0.25) is 0 Å². The van der Waals surface area contributed by atoms with Gasteiger partial charge in [-0.15, -0.1) is 18.2 Å². The van der Waals surface area contributed by atoms with Crippen LogP contribution >= 0.6 is 0 Å². The summed E-state index contributed by atoms with van der Waals surface area (Å²) in [6.07, 6.45) is 3.74. The molecule has 0 aliphatic carbocycles. The molecule has 3 nitrogen and oxygen atoms in total. The molecular formula is C42H40GeIrN2O-2. The van der Waals surface area contributed by atoms with Gasteiger partial charge in [0.25, 0.3) is 0 Å². The Balaban J connectivity index is 0.000000205. The average molecular weight is 858 g/mol. The van der Waals surface area contributed by atoms with Gasteiger partial charge in [-0.3, -0.25) is 0 Å². The van der Waals surface area contributed by atoms with Crippen LogP contribution in [0.4, 0.5) is 0 Å². The van der Waals surface area contributed by atoms with Gasteiger partial charge in [-0.25, -0.2) is 0 Å². The third-order valence-corrected chi connectivity index (χ3v) is 12.6. The molecule has 239 valence electrons. The number of fused-ring (bicyclic) bond motifs is 3. The van der Waals surface area contributed by atoms with E-state index in [2.05, 4.69) is 82.7 Å². The summed E-state index contributed by atoms with van der Waals surface area (Å²) in [5.41, 5.74) is 9.67. The fraction of sp³-hybridized carbons (Fsp3) is 0.190.